The van der Waals surface area contributed by atoms with Gasteiger partial charge < -0.3 is 15.4 Å². The third-order valence-corrected chi connectivity index (χ3v) is 7.18. The summed E-state index contributed by atoms with van der Waals surface area (Å²) in [7, 11) is -1.94. The van der Waals surface area contributed by atoms with Gasteiger partial charge in [0, 0.05) is 19.6 Å². The third kappa shape index (κ3) is 4.43. The molecule has 4 rings (SSSR count). The Bertz CT molecular complexity index is 1030. The number of carbonyl (C=O) groups is 1. The lowest BCUT2D eigenvalue weighted by Crippen LogP contribution is -2.62. The minimum Gasteiger partial charge on any atom is -0.497 e. The quantitative estimate of drug-likeness (QED) is 0.665. The van der Waals surface area contributed by atoms with Gasteiger partial charge in [0.25, 0.3) is 0 Å². The zero-order valence-corrected chi connectivity index (χ0v) is 17.7. The molecule has 2 heterocycles. The van der Waals surface area contributed by atoms with Gasteiger partial charge in [-0.1, -0.05) is 24.3 Å². The van der Waals surface area contributed by atoms with Gasteiger partial charge >= 0.3 is 0 Å². The van der Waals surface area contributed by atoms with Crippen LogP contribution in [0.15, 0.2) is 53.4 Å². The normalized spacial score (nSPS) is 19.5. The minimum atomic E-state index is -3.56. The molecule has 2 aromatic rings. The molecule has 2 aliphatic heterocycles. The van der Waals surface area contributed by atoms with E-state index in [1.165, 1.54) is 0 Å². The Morgan fingerprint density at radius 3 is 2.70 bits per heavy atom. The fourth-order valence-corrected chi connectivity index (χ4v) is 5.51. The summed E-state index contributed by atoms with van der Waals surface area (Å²) in [5.74, 6) is 0.698. The molecule has 160 valence electrons. The van der Waals surface area contributed by atoms with Crippen molar-refractivity contribution in [2.75, 3.05) is 32.1 Å². The summed E-state index contributed by atoms with van der Waals surface area (Å²) in [5.41, 5.74) is 0.890. The Hall–Kier alpha value is -2.62. The second-order valence-corrected chi connectivity index (χ2v) is 9.36. The molecule has 3 N–H and O–H groups in total. The summed E-state index contributed by atoms with van der Waals surface area (Å²) in [4.78, 5) is 14.7. The molecule has 2 aliphatic rings. The van der Waals surface area contributed by atoms with Crippen molar-refractivity contribution >= 4 is 21.6 Å². The second-order valence-electron chi connectivity index (χ2n) is 7.71. The van der Waals surface area contributed by atoms with E-state index < -0.39 is 15.7 Å². The zero-order chi connectivity index (χ0) is 21.2. The van der Waals surface area contributed by atoms with E-state index >= 15 is 0 Å². The van der Waals surface area contributed by atoms with E-state index in [-0.39, 0.29) is 17.3 Å². The zero-order valence-electron chi connectivity index (χ0n) is 16.8. The van der Waals surface area contributed by atoms with Crippen LogP contribution < -0.4 is 20.1 Å². The van der Waals surface area contributed by atoms with Crippen LogP contribution in [-0.2, 0) is 21.4 Å². The minimum absolute atomic E-state index is 0.0590. The lowest BCUT2D eigenvalue weighted by Gasteiger charge is -2.45. The van der Waals surface area contributed by atoms with Crippen molar-refractivity contribution in [1.82, 2.24) is 14.9 Å². The summed E-state index contributed by atoms with van der Waals surface area (Å²) in [6.07, 6.45) is 1.15. The second kappa shape index (κ2) is 8.25. The van der Waals surface area contributed by atoms with Crippen LogP contribution in [0.1, 0.15) is 18.4 Å². The summed E-state index contributed by atoms with van der Waals surface area (Å²) in [6.45, 7) is 1.95. The molecule has 2 aromatic carbocycles. The number of benzene rings is 2. The number of likely N-dealkylation sites (tertiary alicyclic amines) is 1. The highest BCUT2D eigenvalue weighted by molar-refractivity contribution is 7.89. The molecule has 9 heteroatoms. The number of para-hydroxylation sites is 1. The van der Waals surface area contributed by atoms with Crippen LogP contribution in [0.2, 0.25) is 0 Å². The molecule has 1 spiro atoms. The monoisotopic (exact) mass is 430 g/mol. The predicted molar refractivity (Wildman–Crippen MR) is 114 cm³/mol. The van der Waals surface area contributed by atoms with E-state index in [2.05, 4.69) is 15.4 Å². The highest BCUT2D eigenvalue weighted by Gasteiger charge is 2.43. The maximum Gasteiger partial charge on any atom is 0.244 e. The largest absolute Gasteiger partial charge is 0.497 e. The number of ether oxygens (including phenoxy) is 1. The van der Waals surface area contributed by atoms with E-state index in [1.54, 1.807) is 25.3 Å². The highest BCUT2D eigenvalue weighted by Crippen LogP contribution is 2.34. The van der Waals surface area contributed by atoms with Crippen LogP contribution in [0.4, 0.5) is 5.69 Å². The molecule has 0 saturated carbocycles. The van der Waals surface area contributed by atoms with Crippen LogP contribution in [0.5, 0.6) is 5.75 Å². The number of methoxy groups -OCH3 is 1. The van der Waals surface area contributed by atoms with Crippen molar-refractivity contribution in [2.24, 2.45) is 0 Å². The molecule has 0 bridgehead atoms. The van der Waals surface area contributed by atoms with Gasteiger partial charge in [-0.2, -0.15) is 4.72 Å². The fourth-order valence-electron chi connectivity index (χ4n) is 3.96. The first kappa shape index (κ1) is 20.6. The maximum absolute atomic E-state index is 12.6. The van der Waals surface area contributed by atoms with Gasteiger partial charge in [0.2, 0.25) is 15.9 Å². The van der Waals surface area contributed by atoms with Crippen molar-refractivity contribution < 1.29 is 17.9 Å². The molecule has 0 unspecified atom stereocenters. The summed E-state index contributed by atoms with van der Waals surface area (Å²) < 4.78 is 33.3. The Morgan fingerprint density at radius 1 is 1.17 bits per heavy atom. The van der Waals surface area contributed by atoms with Gasteiger partial charge in [-0.3, -0.25) is 9.69 Å². The van der Waals surface area contributed by atoms with E-state index in [0.717, 1.165) is 11.3 Å². The summed E-state index contributed by atoms with van der Waals surface area (Å²) in [6, 6.07) is 14.5. The number of nitrogens with one attached hydrogen (secondary N) is 3. The number of rotatable bonds is 5. The number of amides is 1. The van der Waals surface area contributed by atoms with Crippen molar-refractivity contribution in [3.05, 3.63) is 54.1 Å². The van der Waals surface area contributed by atoms with Crippen molar-refractivity contribution in [3.8, 4) is 5.75 Å². The SMILES string of the molecule is COc1cccc(CNC(=O)CN2CCC3(CC2)Nc2ccccc2S(=O)(=O)N3)c1. The van der Waals surface area contributed by atoms with Gasteiger partial charge in [-0.05, 0) is 42.7 Å². The molecule has 0 radical (unpaired) electrons. The molecule has 1 fully saturated rings. The van der Waals surface area contributed by atoms with Gasteiger partial charge in [0.15, 0.2) is 0 Å². The van der Waals surface area contributed by atoms with E-state index in [0.29, 0.717) is 38.2 Å². The number of hydrogen-bond acceptors (Lipinski definition) is 6. The van der Waals surface area contributed by atoms with E-state index in [4.69, 9.17) is 4.74 Å². The fraction of sp³-hybridized carbons (Fsp3) is 0.381. The van der Waals surface area contributed by atoms with Crippen molar-refractivity contribution in [2.45, 2.75) is 29.9 Å². The van der Waals surface area contributed by atoms with E-state index in [1.807, 2.05) is 35.2 Å². The topological polar surface area (TPSA) is 99.8 Å². The van der Waals surface area contributed by atoms with E-state index in [9.17, 15) is 13.2 Å². The number of carbonyl (C=O) groups excluding carboxylic acids is 1. The number of hydrogen-bond donors (Lipinski definition) is 3. The standard InChI is InChI=1S/C21H26N4O4S/c1-29-17-6-4-5-16(13-17)14-22-20(26)15-25-11-9-21(10-12-25)23-18-7-2-3-8-19(18)30(27,28)24-21/h2-8,13,23-24H,9-12,14-15H2,1H3,(H,22,26). The molecular formula is C21H26N4O4S. The smallest absolute Gasteiger partial charge is 0.244 e. The first-order chi connectivity index (χ1) is 14.4. The first-order valence-electron chi connectivity index (χ1n) is 9.92. The van der Waals surface area contributed by atoms with Crippen LogP contribution in [0.25, 0.3) is 0 Å². The van der Waals surface area contributed by atoms with Crippen LogP contribution in [-0.4, -0.2) is 51.6 Å². The van der Waals surface area contributed by atoms with Gasteiger partial charge in [-0.15, -0.1) is 0 Å². The molecule has 0 aromatic heterocycles. The molecular weight excluding hydrogens is 404 g/mol. The lowest BCUT2D eigenvalue weighted by atomic mass is 9.97. The van der Waals surface area contributed by atoms with Crippen molar-refractivity contribution in [3.63, 3.8) is 0 Å². The highest BCUT2D eigenvalue weighted by atomic mass is 32.2. The number of sulfonamides is 1. The number of nitrogens with zero attached hydrogens (tertiary/aromatic N) is 1. The number of anilines is 1. The Morgan fingerprint density at radius 2 is 1.93 bits per heavy atom. The van der Waals surface area contributed by atoms with Crippen molar-refractivity contribution in [1.29, 1.82) is 0 Å². The summed E-state index contributed by atoms with van der Waals surface area (Å²) in [5, 5.41) is 6.30. The Labute approximate surface area is 176 Å². The molecule has 30 heavy (non-hydrogen) atoms. The van der Waals surface area contributed by atoms with Gasteiger partial charge in [0.1, 0.15) is 16.3 Å². The van der Waals surface area contributed by atoms with Gasteiger partial charge in [0.05, 0.1) is 19.3 Å². The first-order valence-corrected chi connectivity index (χ1v) is 11.4. The number of piperidine rings is 1. The molecule has 1 amide bonds. The predicted octanol–water partition coefficient (Wildman–Crippen LogP) is 1.51. The average molecular weight is 431 g/mol. The average Bonchev–Trinajstić information content (AvgIpc) is 2.74. The molecule has 1 saturated heterocycles. The number of fused-ring (bicyclic) bond motifs is 1. The molecule has 0 atom stereocenters. The van der Waals surface area contributed by atoms with Gasteiger partial charge in [-0.25, -0.2) is 8.42 Å². The lowest BCUT2D eigenvalue weighted by molar-refractivity contribution is -0.122. The molecule has 0 aliphatic carbocycles. The molecule has 8 nitrogen and oxygen atoms in total. The van der Waals surface area contributed by atoms with Crippen LogP contribution >= 0.6 is 0 Å². The van der Waals surface area contributed by atoms with Crippen LogP contribution in [0, 0.1) is 0 Å². The third-order valence-electron chi connectivity index (χ3n) is 5.58. The maximum atomic E-state index is 12.6. The summed E-state index contributed by atoms with van der Waals surface area (Å²) >= 11 is 0. The Kier molecular flexibility index (Phi) is 5.68. The van der Waals surface area contributed by atoms with Crippen LogP contribution in [0.3, 0.4) is 0 Å². The Balaban J connectivity index is 1.31.